The Labute approximate surface area is 121 Å². The second-order valence-corrected chi connectivity index (χ2v) is 5.14. The van der Waals surface area contributed by atoms with E-state index >= 15 is 0 Å². The first-order valence-corrected chi connectivity index (χ1v) is 6.92. The molecule has 0 spiro atoms. The number of rotatable bonds is 5. The Kier molecular flexibility index (Phi) is 4.74. The summed E-state index contributed by atoms with van der Waals surface area (Å²) in [6.07, 6.45) is 3.65. The number of benzene rings is 1. The van der Waals surface area contributed by atoms with Crippen LogP contribution >= 0.6 is 0 Å². The van der Waals surface area contributed by atoms with Gasteiger partial charge in [-0.25, -0.2) is 0 Å². The zero-order chi connectivity index (χ0) is 14.5. The molecule has 3 heteroatoms. The molecular formula is C17H22N2O. The van der Waals surface area contributed by atoms with Crippen molar-refractivity contribution >= 4 is 0 Å². The zero-order valence-corrected chi connectivity index (χ0v) is 12.6. The second-order valence-electron chi connectivity index (χ2n) is 5.14. The van der Waals surface area contributed by atoms with E-state index in [1.165, 1.54) is 16.7 Å². The lowest BCUT2D eigenvalue weighted by Gasteiger charge is -2.22. The van der Waals surface area contributed by atoms with Crippen LogP contribution in [0, 0.1) is 6.92 Å². The molecule has 1 heterocycles. The van der Waals surface area contributed by atoms with Crippen LogP contribution in [0.3, 0.4) is 0 Å². The van der Waals surface area contributed by atoms with Crippen molar-refractivity contribution in [2.75, 3.05) is 7.11 Å². The fourth-order valence-electron chi connectivity index (χ4n) is 2.41. The largest absolute Gasteiger partial charge is 0.496 e. The zero-order valence-electron chi connectivity index (χ0n) is 12.6. The van der Waals surface area contributed by atoms with E-state index in [2.05, 4.69) is 43.2 Å². The molecule has 1 aromatic carbocycles. The van der Waals surface area contributed by atoms with Gasteiger partial charge in [0, 0.05) is 30.0 Å². The SMILES string of the molecule is COc1ccc(C)cc1C(C)N[C@H](C)c1ccncc1. The van der Waals surface area contributed by atoms with Gasteiger partial charge in [0.1, 0.15) is 5.75 Å². The first-order valence-electron chi connectivity index (χ1n) is 6.92. The predicted octanol–water partition coefficient (Wildman–Crippen LogP) is 3.81. The van der Waals surface area contributed by atoms with Crippen molar-refractivity contribution < 1.29 is 4.74 Å². The van der Waals surface area contributed by atoms with E-state index in [1.807, 2.05) is 30.6 Å². The van der Waals surface area contributed by atoms with Crippen molar-refractivity contribution in [3.05, 3.63) is 59.4 Å². The van der Waals surface area contributed by atoms with Gasteiger partial charge in [0.2, 0.25) is 0 Å². The molecule has 0 saturated heterocycles. The van der Waals surface area contributed by atoms with E-state index in [0.29, 0.717) is 0 Å². The van der Waals surface area contributed by atoms with E-state index in [9.17, 15) is 0 Å². The Morgan fingerprint density at radius 1 is 1.05 bits per heavy atom. The molecule has 1 aromatic heterocycles. The number of aryl methyl sites for hydroxylation is 1. The molecule has 0 bridgehead atoms. The number of pyridine rings is 1. The molecule has 0 saturated carbocycles. The first-order chi connectivity index (χ1) is 9.61. The predicted molar refractivity (Wildman–Crippen MR) is 81.9 cm³/mol. The van der Waals surface area contributed by atoms with Crippen molar-refractivity contribution in [3.63, 3.8) is 0 Å². The number of nitrogens with zero attached hydrogens (tertiary/aromatic N) is 1. The highest BCUT2D eigenvalue weighted by Crippen LogP contribution is 2.28. The van der Waals surface area contributed by atoms with E-state index in [4.69, 9.17) is 4.74 Å². The minimum atomic E-state index is 0.216. The molecule has 0 radical (unpaired) electrons. The van der Waals surface area contributed by atoms with Gasteiger partial charge < -0.3 is 10.1 Å². The van der Waals surface area contributed by atoms with Crippen molar-refractivity contribution in [1.29, 1.82) is 0 Å². The normalized spacial score (nSPS) is 13.8. The monoisotopic (exact) mass is 270 g/mol. The summed E-state index contributed by atoms with van der Waals surface area (Å²) >= 11 is 0. The Morgan fingerprint density at radius 3 is 2.40 bits per heavy atom. The Hall–Kier alpha value is -1.87. The van der Waals surface area contributed by atoms with Crippen LogP contribution in [0.15, 0.2) is 42.7 Å². The molecule has 0 aliphatic heterocycles. The molecular weight excluding hydrogens is 248 g/mol. The number of nitrogens with one attached hydrogen (secondary N) is 1. The highest BCUT2D eigenvalue weighted by molar-refractivity contribution is 5.39. The van der Waals surface area contributed by atoms with E-state index in [-0.39, 0.29) is 12.1 Å². The summed E-state index contributed by atoms with van der Waals surface area (Å²) < 4.78 is 5.46. The van der Waals surface area contributed by atoms with Gasteiger partial charge in [-0.15, -0.1) is 0 Å². The third-order valence-electron chi connectivity index (χ3n) is 3.56. The molecule has 0 aliphatic carbocycles. The molecule has 2 rings (SSSR count). The van der Waals surface area contributed by atoms with Crippen LogP contribution in [-0.2, 0) is 0 Å². The van der Waals surface area contributed by atoms with Crippen LogP contribution in [0.5, 0.6) is 5.75 Å². The summed E-state index contributed by atoms with van der Waals surface area (Å²) in [4.78, 5) is 4.06. The summed E-state index contributed by atoms with van der Waals surface area (Å²) in [6.45, 7) is 6.42. The summed E-state index contributed by atoms with van der Waals surface area (Å²) in [5.74, 6) is 0.928. The molecule has 0 fully saturated rings. The standard InChI is InChI=1S/C17H22N2O/c1-12-5-6-17(20-4)16(11-12)14(3)19-13(2)15-7-9-18-10-8-15/h5-11,13-14,19H,1-4H3/t13-,14?/m1/s1. The summed E-state index contributed by atoms with van der Waals surface area (Å²) in [5.41, 5.74) is 3.66. The van der Waals surface area contributed by atoms with Crippen LogP contribution in [-0.4, -0.2) is 12.1 Å². The topological polar surface area (TPSA) is 34.1 Å². The maximum Gasteiger partial charge on any atom is 0.123 e. The Morgan fingerprint density at radius 2 is 1.75 bits per heavy atom. The molecule has 2 atom stereocenters. The Bertz CT molecular complexity index is 554. The van der Waals surface area contributed by atoms with Crippen molar-refractivity contribution in [2.24, 2.45) is 0 Å². The lowest BCUT2D eigenvalue weighted by molar-refractivity contribution is 0.396. The van der Waals surface area contributed by atoms with Crippen molar-refractivity contribution in [3.8, 4) is 5.75 Å². The molecule has 3 nitrogen and oxygen atoms in total. The molecule has 1 unspecified atom stereocenters. The summed E-state index contributed by atoms with van der Waals surface area (Å²) in [6, 6.07) is 10.8. The highest BCUT2D eigenvalue weighted by atomic mass is 16.5. The van der Waals surface area contributed by atoms with Gasteiger partial charge >= 0.3 is 0 Å². The smallest absolute Gasteiger partial charge is 0.123 e. The molecule has 20 heavy (non-hydrogen) atoms. The second kappa shape index (κ2) is 6.53. The third-order valence-corrected chi connectivity index (χ3v) is 3.56. The lowest BCUT2D eigenvalue weighted by Crippen LogP contribution is -2.23. The van der Waals surface area contributed by atoms with Crippen molar-refractivity contribution in [2.45, 2.75) is 32.9 Å². The average molecular weight is 270 g/mol. The van der Waals surface area contributed by atoms with Gasteiger partial charge in [-0.1, -0.05) is 17.7 Å². The Balaban J connectivity index is 2.16. The van der Waals surface area contributed by atoms with Crippen molar-refractivity contribution in [1.82, 2.24) is 10.3 Å². The number of aromatic nitrogens is 1. The molecule has 106 valence electrons. The van der Waals surface area contributed by atoms with Crippen LogP contribution in [0.25, 0.3) is 0 Å². The summed E-state index contributed by atoms with van der Waals surface area (Å²) in [7, 11) is 1.72. The van der Waals surface area contributed by atoms with Crippen LogP contribution in [0.1, 0.15) is 42.6 Å². The van der Waals surface area contributed by atoms with Gasteiger partial charge in [0.15, 0.2) is 0 Å². The third kappa shape index (κ3) is 3.36. The minimum absolute atomic E-state index is 0.216. The quantitative estimate of drug-likeness (QED) is 0.897. The minimum Gasteiger partial charge on any atom is -0.496 e. The molecule has 1 N–H and O–H groups in total. The highest BCUT2D eigenvalue weighted by Gasteiger charge is 2.14. The van der Waals surface area contributed by atoms with Crippen LogP contribution in [0.4, 0.5) is 0 Å². The number of ether oxygens (including phenoxy) is 1. The van der Waals surface area contributed by atoms with Gasteiger partial charge in [-0.2, -0.15) is 0 Å². The fourth-order valence-corrected chi connectivity index (χ4v) is 2.41. The van der Waals surface area contributed by atoms with E-state index in [0.717, 1.165) is 5.75 Å². The maximum absolute atomic E-state index is 5.46. The number of hydrogen-bond donors (Lipinski definition) is 1. The first kappa shape index (κ1) is 14.5. The molecule has 0 amide bonds. The average Bonchev–Trinajstić information content (AvgIpc) is 2.48. The maximum atomic E-state index is 5.46. The van der Waals surface area contributed by atoms with Crippen LogP contribution < -0.4 is 10.1 Å². The van der Waals surface area contributed by atoms with Gasteiger partial charge in [0.25, 0.3) is 0 Å². The summed E-state index contributed by atoms with van der Waals surface area (Å²) in [5, 5.41) is 3.61. The fraction of sp³-hybridized carbons (Fsp3) is 0.353. The van der Waals surface area contributed by atoms with Gasteiger partial charge in [0.05, 0.1) is 7.11 Å². The van der Waals surface area contributed by atoms with Crippen LogP contribution in [0.2, 0.25) is 0 Å². The molecule has 2 aromatic rings. The van der Waals surface area contributed by atoms with E-state index < -0.39 is 0 Å². The number of hydrogen-bond acceptors (Lipinski definition) is 3. The van der Waals surface area contributed by atoms with E-state index in [1.54, 1.807) is 7.11 Å². The lowest BCUT2D eigenvalue weighted by atomic mass is 10.0. The van der Waals surface area contributed by atoms with Gasteiger partial charge in [-0.05, 0) is 44.5 Å². The molecule has 0 aliphatic rings. The van der Waals surface area contributed by atoms with Gasteiger partial charge in [-0.3, -0.25) is 4.98 Å². The number of methoxy groups -OCH3 is 1.